The van der Waals surface area contributed by atoms with E-state index in [0.717, 1.165) is 10.6 Å². The standard InChI is InChI=1S/C11H15FN2S/c1-7-11(6-13)15-10-4-3-8(12)5-9(10)14(7)2/h3-5,7,11H,6,13H2,1-2H3. The van der Waals surface area contributed by atoms with Crippen molar-refractivity contribution in [1.29, 1.82) is 0 Å². The fraction of sp³-hybridized carbons (Fsp3) is 0.455. The lowest BCUT2D eigenvalue weighted by Gasteiger charge is -2.38. The van der Waals surface area contributed by atoms with Crippen molar-refractivity contribution in [1.82, 2.24) is 0 Å². The Morgan fingerprint density at radius 1 is 1.53 bits per heavy atom. The minimum atomic E-state index is -0.181. The molecule has 0 aliphatic carbocycles. The maximum Gasteiger partial charge on any atom is 0.125 e. The van der Waals surface area contributed by atoms with Crippen LogP contribution in [0.15, 0.2) is 23.1 Å². The smallest absolute Gasteiger partial charge is 0.125 e. The molecule has 0 amide bonds. The van der Waals surface area contributed by atoms with Crippen molar-refractivity contribution < 1.29 is 4.39 Å². The molecule has 1 aliphatic heterocycles. The lowest BCUT2D eigenvalue weighted by Crippen LogP contribution is -2.44. The summed E-state index contributed by atoms with van der Waals surface area (Å²) in [6.45, 7) is 2.77. The van der Waals surface area contributed by atoms with Gasteiger partial charge in [-0.25, -0.2) is 4.39 Å². The second-order valence-electron chi connectivity index (χ2n) is 3.86. The van der Waals surface area contributed by atoms with Crippen LogP contribution in [0, 0.1) is 5.82 Å². The van der Waals surface area contributed by atoms with Crippen LogP contribution in [-0.2, 0) is 0 Å². The number of nitrogens with zero attached hydrogens (tertiary/aromatic N) is 1. The number of hydrogen-bond donors (Lipinski definition) is 1. The molecule has 0 aromatic heterocycles. The second-order valence-corrected chi connectivity index (χ2v) is 5.14. The lowest BCUT2D eigenvalue weighted by molar-refractivity contribution is 0.611. The molecule has 0 saturated heterocycles. The topological polar surface area (TPSA) is 29.3 Å². The SMILES string of the molecule is CC1C(CN)Sc2ccc(F)cc2N1C. The van der Waals surface area contributed by atoms with Gasteiger partial charge in [0.15, 0.2) is 0 Å². The molecule has 1 heterocycles. The molecule has 2 rings (SSSR count). The first-order valence-electron chi connectivity index (χ1n) is 5.02. The van der Waals surface area contributed by atoms with Crippen LogP contribution in [0.4, 0.5) is 10.1 Å². The summed E-state index contributed by atoms with van der Waals surface area (Å²) in [5.74, 6) is -0.181. The van der Waals surface area contributed by atoms with Gasteiger partial charge in [0, 0.05) is 29.8 Å². The Labute approximate surface area is 93.6 Å². The first kappa shape index (κ1) is 10.8. The molecule has 1 aromatic carbocycles. The van der Waals surface area contributed by atoms with E-state index in [1.165, 1.54) is 6.07 Å². The average Bonchev–Trinajstić information content (AvgIpc) is 2.24. The summed E-state index contributed by atoms with van der Waals surface area (Å²) in [5, 5.41) is 0.382. The van der Waals surface area contributed by atoms with E-state index in [4.69, 9.17) is 5.73 Å². The molecule has 15 heavy (non-hydrogen) atoms. The van der Waals surface area contributed by atoms with Crippen LogP contribution < -0.4 is 10.6 Å². The number of halogens is 1. The first-order chi connectivity index (χ1) is 7.13. The number of nitrogens with two attached hydrogens (primary N) is 1. The highest BCUT2D eigenvalue weighted by atomic mass is 32.2. The van der Waals surface area contributed by atoms with E-state index < -0.39 is 0 Å². The summed E-state index contributed by atoms with van der Waals surface area (Å²) in [4.78, 5) is 3.22. The largest absolute Gasteiger partial charge is 0.370 e. The highest BCUT2D eigenvalue weighted by Gasteiger charge is 2.28. The maximum atomic E-state index is 13.1. The number of hydrogen-bond acceptors (Lipinski definition) is 3. The van der Waals surface area contributed by atoms with Crippen LogP contribution in [0.1, 0.15) is 6.92 Å². The third-order valence-corrected chi connectivity index (χ3v) is 4.45. The molecule has 0 fully saturated rings. The second kappa shape index (κ2) is 4.02. The van der Waals surface area contributed by atoms with E-state index in [0.29, 0.717) is 17.8 Å². The van der Waals surface area contributed by atoms with Crippen molar-refractivity contribution in [2.24, 2.45) is 5.73 Å². The molecular formula is C11H15FN2S. The first-order valence-corrected chi connectivity index (χ1v) is 5.90. The molecule has 4 heteroatoms. The van der Waals surface area contributed by atoms with Crippen molar-refractivity contribution in [3.05, 3.63) is 24.0 Å². The van der Waals surface area contributed by atoms with Gasteiger partial charge in [0.1, 0.15) is 5.82 Å². The molecule has 2 unspecified atom stereocenters. The minimum absolute atomic E-state index is 0.181. The monoisotopic (exact) mass is 226 g/mol. The van der Waals surface area contributed by atoms with Crippen LogP contribution in [-0.4, -0.2) is 24.9 Å². The average molecular weight is 226 g/mol. The highest BCUT2D eigenvalue weighted by Crippen LogP contribution is 2.40. The fourth-order valence-electron chi connectivity index (χ4n) is 1.84. The molecule has 0 saturated carbocycles. The predicted molar refractivity (Wildman–Crippen MR) is 63.0 cm³/mol. The zero-order valence-electron chi connectivity index (χ0n) is 8.90. The van der Waals surface area contributed by atoms with Gasteiger partial charge in [0.25, 0.3) is 0 Å². The normalized spacial score (nSPS) is 25.2. The van der Waals surface area contributed by atoms with E-state index in [-0.39, 0.29) is 5.82 Å². The minimum Gasteiger partial charge on any atom is -0.370 e. The third-order valence-electron chi connectivity index (χ3n) is 2.96. The Morgan fingerprint density at radius 3 is 2.93 bits per heavy atom. The van der Waals surface area contributed by atoms with Crippen LogP contribution in [0.2, 0.25) is 0 Å². The summed E-state index contributed by atoms with van der Waals surface area (Å²) in [5.41, 5.74) is 6.69. The van der Waals surface area contributed by atoms with Crippen molar-refractivity contribution >= 4 is 17.4 Å². The molecule has 2 atom stereocenters. The van der Waals surface area contributed by atoms with E-state index in [2.05, 4.69) is 11.8 Å². The van der Waals surface area contributed by atoms with Crippen LogP contribution in [0.25, 0.3) is 0 Å². The summed E-state index contributed by atoms with van der Waals surface area (Å²) in [6, 6.07) is 5.27. The van der Waals surface area contributed by atoms with Crippen LogP contribution in [0.3, 0.4) is 0 Å². The summed E-state index contributed by atoms with van der Waals surface area (Å²) in [6.07, 6.45) is 0. The third kappa shape index (κ3) is 1.84. The molecular weight excluding hydrogens is 211 g/mol. The summed E-state index contributed by atoms with van der Waals surface area (Å²) in [7, 11) is 1.99. The number of benzene rings is 1. The van der Waals surface area contributed by atoms with E-state index in [9.17, 15) is 4.39 Å². The Morgan fingerprint density at radius 2 is 2.27 bits per heavy atom. The molecule has 2 N–H and O–H groups in total. The van der Waals surface area contributed by atoms with Gasteiger partial charge in [-0.15, -0.1) is 11.8 Å². The van der Waals surface area contributed by atoms with Gasteiger partial charge in [-0.05, 0) is 25.1 Å². The zero-order valence-corrected chi connectivity index (χ0v) is 9.72. The van der Waals surface area contributed by atoms with Crippen LogP contribution >= 0.6 is 11.8 Å². The lowest BCUT2D eigenvalue weighted by atomic mass is 10.1. The van der Waals surface area contributed by atoms with Crippen molar-refractivity contribution in [2.75, 3.05) is 18.5 Å². The maximum absolute atomic E-state index is 13.1. The van der Waals surface area contributed by atoms with Gasteiger partial charge in [-0.3, -0.25) is 0 Å². The molecule has 0 bridgehead atoms. The number of thioether (sulfide) groups is 1. The van der Waals surface area contributed by atoms with Gasteiger partial charge < -0.3 is 10.6 Å². The van der Waals surface area contributed by atoms with E-state index in [1.54, 1.807) is 17.8 Å². The Bertz CT molecular complexity index is 370. The quantitative estimate of drug-likeness (QED) is 0.795. The molecule has 2 nitrogen and oxygen atoms in total. The molecule has 82 valence electrons. The Hall–Kier alpha value is -0.740. The summed E-state index contributed by atoms with van der Waals surface area (Å²) < 4.78 is 13.1. The van der Waals surface area contributed by atoms with E-state index in [1.807, 2.05) is 13.1 Å². The van der Waals surface area contributed by atoms with Crippen molar-refractivity contribution in [3.8, 4) is 0 Å². The van der Waals surface area contributed by atoms with Gasteiger partial charge >= 0.3 is 0 Å². The number of fused-ring (bicyclic) bond motifs is 1. The highest BCUT2D eigenvalue weighted by molar-refractivity contribution is 8.00. The number of anilines is 1. The van der Waals surface area contributed by atoms with Crippen molar-refractivity contribution in [2.45, 2.75) is 23.1 Å². The van der Waals surface area contributed by atoms with Gasteiger partial charge in [-0.1, -0.05) is 0 Å². The summed E-state index contributed by atoms with van der Waals surface area (Å²) >= 11 is 1.74. The number of rotatable bonds is 1. The fourth-order valence-corrected chi connectivity index (χ4v) is 3.11. The van der Waals surface area contributed by atoms with Crippen LogP contribution in [0.5, 0.6) is 0 Å². The van der Waals surface area contributed by atoms with E-state index >= 15 is 0 Å². The molecule has 1 aliphatic rings. The predicted octanol–water partition coefficient (Wildman–Crippen LogP) is 2.08. The van der Waals surface area contributed by atoms with Gasteiger partial charge in [0.05, 0.1) is 5.69 Å². The zero-order chi connectivity index (χ0) is 11.0. The van der Waals surface area contributed by atoms with Crippen molar-refractivity contribution in [3.63, 3.8) is 0 Å². The molecule has 0 radical (unpaired) electrons. The Balaban J connectivity index is 2.40. The Kier molecular flexibility index (Phi) is 2.89. The van der Waals surface area contributed by atoms with Gasteiger partial charge in [0.2, 0.25) is 0 Å². The molecule has 0 spiro atoms. The molecule has 1 aromatic rings. The van der Waals surface area contributed by atoms with Gasteiger partial charge in [-0.2, -0.15) is 0 Å².